The van der Waals surface area contributed by atoms with Gasteiger partial charge in [0.15, 0.2) is 5.79 Å². The van der Waals surface area contributed by atoms with Gasteiger partial charge < -0.3 is 9.47 Å². The lowest BCUT2D eigenvalue weighted by atomic mass is 10.1. The van der Waals surface area contributed by atoms with Crippen molar-refractivity contribution < 1.29 is 22.3 Å². The van der Waals surface area contributed by atoms with Crippen LogP contribution in [-0.2, 0) is 19.5 Å². The van der Waals surface area contributed by atoms with Gasteiger partial charge in [-0.15, -0.1) is 0 Å². The van der Waals surface area contributed by atoms with Gasteiger partial charge in [-0.25, -0.2) is 12.8 Å². The minimum absolute atomic E-state index is 0.123. The lowest BCUT2D eigenvalue weighted by molar-refractivity contribution is -0.179. The number of rotatable bonds is 2. The number of piperidine rings is 1. The van der Waals surface area contributed by atoms with Crippen LogP contribution in [0.4, 0.5) is 4.39 Å². The maximum atomic E-state index is 13.1. The van der Waals surface area contributed by atoms with E-state index in [4.69, 9.17) is 9.47 Å². The quantitative estimate of drug-likeness (QED) is 0.806. The predicted molar refractivity (Wildman–Crippen MR) is 66.8 cm³/mol. The number of sulfonamides is 1. The Bertz CT molecular complexity index is 591. The zero-order valence-electron chi connectivity index (χ0n) is 10.8. The molecule has 6 nitrogen and oxygen atoms in total. The Labute approximate surface area is 116 Å². The summed E-state index contributed by atoms with van der Waals surface area (Å²) < 4.78 is 50.3. The molecule has 0 atom stereocenters. The van der Waals surface area contributed by atoms with Gasteiger partial charge >= 0.3 is 0 Å². The van der Waals surface area contributed by atoms with E-state index in [2.05, 4.69) is 4.98 Å². The van der Waals surface area contributed by atoms with Crippen molar-refractivity contribution in [2.45, 2.75) is 23.5 Å². The Hall–Kier alpha value is -1.09. The minimum atomic E-state index is -3.71. The van der Waals surface area contributed by atoms with Gasteiger partial charge in [-0.1, -0.05) is 0 Å². The molecule has 8 heteroatoms. The summed E-state index contributed by atoms with van der Waals surface area (Å²) in [5.74, 6) is -1.30. The highest BCUT2D eigenvalue weighted by Crippen LogP contribution is 2.33. The van der Waals surface area contributed by atoms with Crippen molar-refractivity contribution in [1.29, 1.82) is 0 Å². The molecule has 0 aromatic carbocycles. The highest BCUT2D eigenvalue weighted by atomic mass is 32.2. The van der Waals surface area contributed by atoms with Gasteiger partial charge in [0.05, 0.1) is 19.4 Å². The first-order valence-corrected chi connectivity index (χ1v) is 7.85. The zero-order chi connectivity index (χ0) is 14.2. The van der Waals surface area contributed by atoms with Crippen molar-refractivity contribution in [3.63, 3.8) is 0 Å². The fourth-order valence-corrected chi connectivity index (χ4v) is 3.95. The zero-order valence-corrected chi connectivity index (χ0v) is 11.6. The van der Waals surface area contributed by atoms with Crippen LogP contribution in [0.3, 0.4) is 0 Å². The summed E-state index contributed by atoms with van der Waals surface area (Å²) in [5, 5.41) is 0. The summed E-state index contributed by atoms with van der Waals surface area (Å²) in [5.41, 5.74) is 0. The standard InChI is InChI=1S/C12H15FN2O4S/c13-10-7-11(9-14-8-10)20(16,17)15-3-1-12(2-4-15)18-5-6-19-12/h7-9H,1-6H2. The van der Waals surface area contributed by atoms with Crippen LogP contribution >= 0.6 is 0 Å². The van der Waals surface area contributed by atoms with E-state index in [9.17, 15) is 12.8 Å². The van der Waals surface area contributed by atoms with E-state index >= 15 is 0 Å². The molecule has 20 heavy (non-hydrogen) atoms. The lowest BCUT2D eigenvalue weighted by Crippen LogP contribution is -2.47. The molecule has 0 saturated carbocycles. The molecule has 2 fully saturated rings. The number of aromatic nitrogens is 1. The first-order chi connectivity index (χ1) is 9.52. The molecule has 2 aliphatic rings. The smallest absolute Gasteiger partial charge is 0.244 e. The molecule has 0 bridgehead atoms. The van der Waals surface area contributed by atoms with Gasteiger partial charge in [0.25, 0.3) is 0 Å². The van der Waals surface area contributed by atoms with Gasteiger partial charge in [0, 0.05) is 32.1 Å². The second-order valence-electron chi connectivity index (χ2n) is 4.85. The fraction of sp³-hybridized carbons (Fsp3) is 0.583. The molecule has 110 valence electrons. The third-order valence-corrected chi connectivity index (χ3v) is 5.48. The van der Waals surface area contributed by atoms with Crippen molar-refractivity contribution in [2.75, 3.05) is 26.3 Å². The Morgan fingerprint density at radius 2 is 1.85 bits per heavy atom. The molecule has 2 aliphatic heterocycles. The fourth-order valence-electron chi connectivity index (χ4n) is 2.54. The first kappa shape index (κ1) is 13.9. The van der Waals surface area contributed by atoms with Gasteiger partial charge in [0.2, 0.25) is 10.0 Å². The Morgan fingerprint density at radius 1 is 1.20 bits per heavy atom. The molecule has 3 rings (SSSR count). The lowest BCUT2D eigenvalue weighted by Gasteiger charge is -2.36. The Morgan fingerprint density at radius 3 is 2.45 bits per heavy atom. The number of hydrogen-bond acceptors (Lipinski definition) is 5. The maximum absolute atomic E-state index is 13.1. The topological polar surface area (TPSA) is 68.7 Å². The monoisotopic (exact) mass is 302 g/mol. The summed E-state index contributed by atoms with van der Waals surface area (Å²) in [7, 11) is -3.71. The SMILES string of the molecule is O=S(=O)(c1cncc(F)c1)N1CCC2(CC1)OCCO2. The Kier molecular flexibility index (Phi) is 3.49. The summed E-state index contributed by atoms with van der Waals surface area (Å²) >= 11 is 0. The van der Waals surface area contributed by atoms with Crippen LogP contribution in [-0.4, -0.2) is 49.8 Å². The normalized spacial score (nSPS) is 23.2. The van der Waals surface area contributed by atoms with Gasteiger partial charge in [0.1, 0.15) is 10.7 Å². The van der Waals surface area contributed by atoms with E-state index in [-0.39, 0.29) is 4.90 Å². The predicted octanol–water partition coefficient (Wildman–Crippen LogP) is 0.748. The minimum Gasteiger partial charge on any atom is -0.347 e. The van der Waals surface area contributed by atoms with E-state index < -0.39 is 21.6 Å². The number of hydrogen-bond donors (Lipinski definition) is 0. The molecule has 0 N–H and O–H groups in total. The molecule has 0 radical (unpaired) electrons. The maximum Gasteiger partial charge on any atom is 0.244 e. The summed E-state index contributed by atoms with van der Waals surface area (Å²) in [4.78, 5) is 3.46. The highest BCUT2D eigenvalue weighted by Gasteiger charge is 2.42. The summed E-state index contributed by atoms with van der Waals surface area (Å²) in [6, 6.07) is 0.981. The summed E-state index contributed by atoms with van der Waals surface area (Å²) in [6.45, 7) is 1.67. The molecule has 1 aromatic heterocycles. The molecule has 2 saturated heterocycles. The molecule has 0 amide bonds. The molecule has 3 heterocycles. The number of pyridine rings is 1. The van der Waals surface area contributed by atoms with Crippen molar-refractivity contribution in [3.05, 3.63) is 24.3 Å². The van der Waals surface area contributed by atoms with Crippen LogP contribution in [0, 0.1) is 5.82 Å². The van der Waals surface area contributed by atoms with E-state index in [1.54, 1.807) is 0 Å². The average molecular weight is 302 g/mol. The van der Waals surface area contributed by atoms with E-state index in [1.807, 2.05) is 0 Å². The number of nitrogens with zero attached hydrogens (tertiary/aromatic N) is 2. The molecule has 1 aromatic rings. The van der Waals surface area contributed by atoms with Crippen molar-refractivity contribution in [2.24, 2.45) is 0 Å². The molecular formula is C12H15FN2O4S. The second-order valence-corrected chi connectivity index (χ2v) is 6.79. The van der Waals surface area contributed by atoms with Crippen molar-refractivity contribution >= 4 is 10.0 Å². The van der Waals surface area contributed by atoms with Crippen LogP contribution < -0.4 is 0 Å². The van der Waals surface area contributed by atoms with Gasteiger partial charge in [-0.05, 0) is 6.07 Å². The van der Waals surface area contributed by atoms with Gasteiger partial charge in [-0.2, -0.15) is 4.31 Å². The molecular weight excluding hydrogens is 287 g/mol. The van der Waals surface area contributed by atoms with E-state index in [1.165, 1.54) is 4.31 Å². The molecule has 0 unspecified atom stereocenters. The van der Waals surface area contributed by atoms with Crippen molar-refractivity contribution in [3.8, 4) is 0 Å². The van der Waals surface area contributed by atoms with E-state index in [0.29, 0.717) is 39.1 Å². The van der Waals surface area contributed by atoms with Crippen LogP contribution in [0.15, 0.2) is 23.4 Å². The molecule has 1 spiro atoms. The van der Waals surface area contributed by atoms with Crippen molar-refractivity contribution in [1.82, 2.24) is 9.29 Å². The average Bonchev–Trinajstić information content (AvgIpc) is 2.87. The van der Waals surface area contributed by atoms with Crippen LogP contribution in [0.25, 0.3) is 0 Å². The van der Waals surface area contributed by atoms with E-state index in [0.717, 1.165) is 18.5 Å². The number of halogens is 1. The third kappa shape index (κ3) is 2.44. The highest BCUT2D eigenvalue weighted by molar-refractivity contribution is 7.89. The second kappa shape index (κ2) is 5.03. The van der Waals surface area contributed by atoms with Crippen LogP contribution in [0.1, 0.15) is 12.8 Å². The van der Waals surface area contributed by atoms with Crippen LogP contribution in [0.5, 0.6) is 0 Å². The van der Waals surface area contributed by atoms with Crippen LogP contribution in [0.2, 0.25) is 0 Å². The number of ether oxygens (including phenoxy) is 2. The summed E-state index contributed by atoms with van der Waals surface area (Å²) in [6.07, 6.45) is 3.10. The third-order valence-electron chi connectivity index (χ3n) is 3.62. The van der Waals surface area contributed by atoms with Gasteiger partial charge in [-0.3, -0.25) is 4.98 Å². The molecule has 0 aliphatic carbocycles. The largest absolute Gasteiger partial charge is 0.347 e. The Balaban J connectivity index is 1.77. The first-order valence-electron chi connectivity index (χ1n) is 6.41.